The monoisotopic (exact) mass is 421 g/mol. The first-order valence-electron chi connectivity index (χ1n) is 11.2. The van der Waals surface area contributed by atoms with Gasteiger partial charge in [-0.2, -0.15) is 0 Å². The lowest BCUT2D eigenvalue weighted by atomic mass is 9.77. The van der Waals surface area contributed by atoms with Crippen LogP contribution in [0.3, 0.4) is 0 Å². The first kappa shape index (κ1) is 21.3. The molecular formula is C25H31N3O3. The zero-order valence-corrected chi connectivity index (χ0v) is 18.6. The van der Waals surface area contributed by atoms with Crippen LogP contribution in [0, 0.1) is 0 Å². The Hall–Kier alpha value is -2.89. The van der Waals surface area contributed by atoms with Crippen LogP contribution in [0.4, 0.5) is 0 Å². The van der Waals surface area contributed by atoms with E-state index in [0.717, 1.165) is 71.8 Å². The standard InChI is InChI=1S/C25H31N3O3/c1-25(2,3)22-17-10-6-4-5-7-11-18(16(17)14-15-21(29)30)23(24(22)31)28-26-19-12-8-9-13-20(19)27-28/h8-9,12-13,31H,4-7,10-11,14-15H2,1-3H3,(H,29,30). The molecule has 4 rings (SSSR count). The van der Waals surface area contributed by atoms with E-state index in [9.17, 15) is 15.0 Å². The lowest BCUT2D eigenvalue weighted by Gasteiger charge is -2.30. The van der Waals surface area contributed by atoms with Crippen molar-refractivity contribution in [2.24, 2.45) is 0 Å². The number of carbonyl (C=O) groups is 1. The molecule has 0 radical (unpaired) electrons. The van der Waals surface area contributed by atoms with Crippen LogP contribution in [0.5, 0.6) is 5.75 Å². The van der Waals surface area contributed by atoms with Gasteiger partial charge in [-0.25, -0.2) is 0 Å². The normalized spacial score (nSPS) is 14.8. The highest BCUT2D eigenvalue weighted by Gasteiger charge is 2.31. The van der Waals surface area contributed by atoms with Gasteiger partial charge in [-0.15, -0.1) is 15.0 Å². The Balaban J connectivity index is 2.05. The van der Waals surface area contributed by atoms with Crippen molar-refractivity contribution in [1.29, 1.82) is 0 Å². The lowest BCUT2D eigenvalue weighted by Crippen LogP contribution is -2.21. The smallest absolute Gasteiger partial charge is 0.303 e. The van der Waals surface area contributed by atoms with Gasteiger partial charge in [0, 0.05) is 12.0 Å². The van der Waals surface area contributed by atoms with Crippen molar-refractivity contribution in [1.82, 2.24) is 15.0 Å². The summed E-state index contributed by atoms with van der Waals surface area (Å²) in [6.45, 7) is 6.30. The van der Waals surface area contributed by atoms with Crippen LogP contribution in [0.25, 0.3) is 16.7 Å². The third kappa shape index (κ3) is 4.16. The fraction of sp³-hybridized carbons (Fsp3) is 0.480. The van der Waals surface area contributed by atoms with E-state index in [1.807, 2.05) is 24.3 Å². The number of rotatable bonds is 4. The predicted octanol–water partition coefficient (Wildman–Crippen LogP) is 5.10. The van der Waals surface area contributed by atoms with Crippen molar-refractivity contribution in [3.63, 3.8) is 0 Å². The minimum absolute atomic E-state index is 0.0717. The third-order valence-electron chi connectivity index (χ3n) is 6.21. The predicted molar refractivity (Wildman–Crippen MR) is 121 cm³/mol. The Morgan fingerprint density at radius 2 is 1.58 bits per heavy atom. The summed E-state index contributed by atoms with van der Waals surface area (Å²) in [5, 5.41) is 30.4. The number of carboxylic acids is 1. The van der Waals surface area contributed by atoms with E-state index in [1.54, 1.807) is 4.80 Å². The van der Waals surface area contributed by atoms with Crippen LogP contribution < -0.4 is 0 Å². The van der Waals surface area contributed by atoms with Crippen molar-refractivity contribution in [2.75, 3.05) is 0 Å². The number of hydrogen-bond acceptors (Lipinski definition) is 4. The summed E-state index contributed by atoms with van der Waals surface area (Å²) in [6.07, 6.45) is 6.48. The van der Waals surface area contributed by atoms with E-state index in [1.165, 1.54) is 0 Å². The summed E-state index contributed by atoms with van der Waals surface area (Å²) in [4.78, 5) is 13.0. The van der Waals surface area contributed by atoms with Crippen molar-refractivity contribution in [2.45, 2.75) is 77.6 Å². The summed E-state index contributed by atoms with van der Waals surface area (Å²) in [7, 11) is 0. The SMILES string of the molecule is CC(C)(C)c1c(O)c(-n2nc3ccccc3n2)c2c(CCC(=O)O)c1CCCCCC2. The Bertz CT molecular complexity index is 1090. The molecular weight excluding hydrogens is 390 g/mol. The lowest BCUT2D eigenvalue weighted by molar-refractivity contribution is -0.136. The summed E-state index contributed by atoms with van der Waals surface area (Å²) in [6, 6.07) is 7.67. The highest BCUT2D eigenvalue weighted by molar-refractivity contribution is 5.75. The second-order valence-corrected chi connectivity index (χ2v) is 9.54. The summed E-state index contributed by atoms with van der Waals surface area (Å²) >= 11 is 0. The van der Waals surface area contributed by atoms with Crippen LogP contribution in [0.1, 0.15) is 75.1 Å². The van der Waals surface area contributed by atoms with Gasteiger partial charge in [-0.1, -0.05) is 45.7 Å². The van der Waals surface area contributed by atoms with Gasteiger partial charge in [-0.3, -0.25) is 4.79 Å². The van der Waals surface area contributed by atoms with Crippen molar-refractivity contribution in [3.05, 3.63) is 46.5 Å². The number of benzene rings is 2. The molecule has 0 amide bonds. The number of nitrogens with zero attached hydrogens (tertiary/aromatic N) is 3. The third-order valence-corrected chi connectivity index (χ3v) is 6.21. The molecule has 6 heteroatoms. The zero-order chi connectivity index (χ0) is 22.2. The Labute approximate surface area is 182 Å². The maximum Gasteiger partial charge on any atom is 0.303 e. The number of fused-ring (bicyclic) bond motifs is 3. The molecule has 3 aromatic rings. The summed E-state index contributed by atoms with van der Waals surface area (Å²) in [5.41, 5.74) is 5.96. The van der Waals surface area contributed by atoms with E-state index in [4.69, 9.17) is 0 Å². The molecule has 31 heavy (non-hydrogen) atoms. The fourth-order valence-electron chi connectivity index (χ4n) is 4.90. The minimum Gasteiger partial charge on any atom is -0.505 e. The van der Waals surface area contributed by atoms with Crippen LogP contribution in [-0.2, 0) is 29.5 Å². The fourth-order valence-corrected chi connectivity index (χ4v) is 4.90. The first-order valence-corrected chi connectivity index (χ1v) is 11.2. The van der Waals surface area contributed by atoms with Gasteiger partial charge in [0.25, 0.3) is 0 Å². The highest BCUT2D eigenvalue weighted by Crippen LogP contribution is 2.44. The Kier molecular flexibility index (Phi) is 5.73. The molecule has 1 aromatic heterocycles. The van der Waals surface area contributed by atoms with Gasteiger partial charge >= 0.3 is 5.97 Å². The molecule has 1 heterocycles. The molecule has 0 aliphatic heterocycles. The maximum absolute atomic E-state index is 11.6. The van der Waals surface area contributed by atoms with Crippen molar-refractivity contribution < 1.29 is 15.0 Å². The van der Waals surface area contributed by atoms with Gasteiger partial charge in [0.15, 0.2) is 0 Å². The van der Waals surface area contributed by atoms with E-state index in [0.29, 0.717) is 12.1 Å². The van der Waals surface area contributed by atoms with Crippen molar-refractivity contribution >= 4 is 17.0 Å². The molecule has 1 aliphatic rings. The number of phenolic OH excluding ortho intramolecular Hbond substituents is 1. The van der Waals surface area contributed by atoms with E-state index in [2.05, 4.69) is 31.0 Å². The van der Waals surface area contributed by atoms with Gasteiger partial charge < -0.3 is 10.2 Å². The average Bonchev–Trinajstić information content (AvgIpc) is 3.13. The maximum atomic E-state index is 11.6. The second kappa shape index (κ2) is 8.33. The Morgan fingerprint density at radius 3 is 2.13 bits per heavy atom. The molecule has 6 nitrogen and oxygen atoms in total. The van der Waals surface area contributed by atoms with Crippen LogP contribution >= 0.6 is 0 Å². The van der Waals surface area contributed by atoms with Crippen LogP contribution in [0.15, 0.2) is 24.3 Å². The average molecular weight is 422 g/mol. The molecule has 0 fully saturated rings. The number of aliphatic carboxylic acids is 1. The summed E-state index contributed by atoms with van der Waals surface area (Å²) in [5.74, 6) is -0.569. The van der Waals surface area contributed by atoms with E-state index >= 15 is 0 Å². The number of hydrogen-bond donors (Lipinski definition) is 2. The molecule has 1 aliphatic carbocycles. The van der Waals surface area contributed by atoms with Gasteiger partial charge in [0.2, 0.25) is 0 Å². The molecule has 2 bridgehead atoms. The van der Waals surface area contributed by atoms with Gasteiger partial charge in [-0.05, 0) is 66.3 Å². The zero-order valence-electron chi connectivity index (χ0n) is 18.6. The van der Waals surface area contributed by atoms with E-state index < -0.39 is 5.97 Å². The topological polar surface area (TPSA) is 88.2 Å². The van der Waals surface area contributed by atoms with Crippen molar-refractivity contribution in [3.8, 4) is 11.4 Å². The molecule has 0 spiro atoms. The number of carboxylic acid groups (broad SMARTS) is 1. The molecule has 2 N–H and O–H groups in total. The van der Waals surface area contributed by atoms with Gasteiger partial charge in [0.1, 0.15) is 22.5 Å². The van der Waals surface area contributed by atoms with Gasteiger partial charge in [0.05, 0.1) is 0 Å². The van der Waals surface area contributed by atoms with Crippen LogP contribution in [-0.4, -0.2) is 31.2 Å². The van der Waals surface area contributed by atoms with Crippen LogP contribution in [0.2, 0.25) is 0 Å². The number of phenols is 1. The quantitative estimate of drug-likeness (QED) is 0.612. The molecule has 2 aromatic carbocycles. The van der Waals surface area contributed by atoms with E-state index in [-0.39, 0.29) is 17.6 Å². The minimum atomic E-state index is -0.804. The largest absolute Gasteiger partial charge is 0.505 e. The summed E-state index contributed by atoms with van der Waals surface area (Å²) < 4.78 is 0. The second-order valence-electron chi connectivity index (χ2n) is 9.54. The molecule has 0 atom stereocenters. The molecule has 0 saturated heterocycles. The molecule has 164 valence electrons. The number of aromatic hydroxyl groups is 1. The molecule has 0 unspecified atom stereocenters. The number of aromatic nitrogens is 3. The highest BCUT2D eigenvalue weighted by atomic mass is 16.4. The first-order chi connectivity index (χ1) is 14.8. The Morgan fingerprint density at radius 1 is 1.00 bits per heavy atom. The molecule has 0 saturated carbocycles.